The van der Waals surface area contributed by atoms with Crippen molar-refractivity contribution in [2.24, 2.45) is 5.41 Å². The van der Waals surface area contributed by atoms with Crippen LogP contribution in [0.4, 0.5) is 4.39 Å². The van der Waals surface area contributed by atoms with Gasteiger partial charge in [0.1, 0.15) is 19.2 Å². The number of cyclic esters (lactones) is 1. The minimum Gasteiger partial charge on any atom is -0.458 e. The van der Waals surface area contributed by atoms with Crippen molar-refractivity contribution < 1.29 is 57.3 Å². The van der Waals surface area contributed by atoms with E-state index in [0.29, 0.717) is 53.7 Å². The minimum atomic E-state index is -2.02. The SMILES string of the molecule is CC[C@@]1(O)C(=O)OCc2c1cc1n(c2=O)Cc2c-1nc1cc(F)c(C)c3c1c2[C@@H](NC(=O)CC1(COCNC(=O)CNC(=O)CNC(=O)CNC(=O)CCN2C(=O)C=CC2=O)CC1)CC3. The first-order chi connectivity index (χ1) is 31.0. The third-order valence-corrected chi connectivity index (χ3v) is 12.8. The number of aryl methyl sites for hydroxylation is 1. The number of imide groups is 1. The number of hydrogen-bond donors (Lipinski definition) is 6. The van der Waals surface area contributed by atoms with Gasteiger partial charge in [0.25, 0.3) is 17.4 Å². The Balaban J connectivity index is 0.821. The molecule has 20 nitrogen and oxygen atoms in total. The zero-order valence-electron chi connectivity index (χ0n) is 35.7. The molecule has 3 aromatic rings. The number of ether oxygens (including phenoxy) is 2. The quantitative estimate of drug-likeness (QED) is 0.0340. The molecule has 8 rings (SSSR count). The minimum absolute atomic E-state index is 0.0246. The maximum absolute atomic E-state index is 15.3. The number of rotatable bonds is 17. The van der Waals surface area contributed by atoms with Crippen LogP contribution >= 0.6 is 0 Å². The fraction of sp³-hybridized carbons (Fsp3) is 0.455. The van der Waals surface area contributed by atoms with Crippen LogP contribution in [0.15, 0.2) is 29.1 Å². The number of esters is 1. The van der Waals surface area contributed by atoms with Gasteiger partial charge in [-0.3, -0.25) is 43.3 Å². The number of aromatic nitrogens is 2. The average Bonchev–Trinajstić information content (AvgIpc) is 3.82. The molecule has 1 saturated carbocycles. The lowest BCUT2D eigenvalue weighted by atomic mass is 9.81. The summed E-state index contributed by atoms with van der Waals surface area (Å²) in [5.41, 5.74) is 1.24. The molecule has 2 aromatic heterocycles. The van der Waals surface area contributed by atoms with E-state index in [-0.39, 0.29) is 69.3 Å². The van der Waals surface area contributed by atoms with Gasteiger partial charge in [0.15, 0.2) is 5.60 Å². The van der Waals surface area contributed by atoms with Crippen molar-refractivity contribution in [1.82, 2.24) is 41.0 Å². The molecule has 2 atom stereocenters. The van der Waals surface area contributed by atoms with Crippen molar-refractivity contribution in [2.45, 2.75) is 83.6 Å². The Bertz CT molecular complexity index is 2680. The summed E-state index contributed by atoms with van der Waals surface area (Å²) in [6.07, 6.45) is 4.43. The van der Waals surface area contributed by atoms with Crippen LogP contribution in [0.5, 0.6) is 0 Å². The van der Waals surface area contributed by atoms with E-state index in [2.05, 4.69) is 26.6 Å². The van der Waals surface area contributed by atoms with E-state index in [1.54, 1.807) is 19.9 Å². The third kappa shape index (κ3) is 8.72. The van der Waals surface area contributed by atoms with Crippen molar-refractivity contribution in [1.29, 1.82) is 0 Å². The molecule has 0 saturated heterocycles. The summed E-state index contributed by atoms with van der Waals surface area (Å²) >= 11 is 0. The highest BCUT2D eigenvalue weighted by Gasteiger charge is 2.47. The van der Waals surface area contributed by atoms with E-state index < -0.39 is 89.5 Å². The van der Waals surface area contributed by atoms with Gasteiger partial charge in [-0.1, -0.05) is 6.92 Å². The molecule has 0 radical (unpaired) electrons. The van der Waals surface area contributed by atoms with Crippen molar-refractivity contribution in [3.63, 3.8) is 0 Å². The number of carbonyl (C=O) groups excluding carboxylic acids is 8. The summed E-state index contributed by atoms with van der Waals surface area (Å²) in [5, 5.41) is 24.8. The van der Waals surface area contributed by atoms with E-state index in [0.717, 1.165) is 33.6 Å². The zero-order chi connectivity index (χ0) is 46.4. The first-order valence-electron chi connectivity index (χ1n) is 21.3. The molecule has 6 N–H and O–H groups in total. The smallest absolute Gasteiger partial charge is 0.343 e. The van der Waals surface area contributed by atoms with Gasteiger partial charge in [-0.2, -0.15) is 0 Å². The monoisotopic (exact) mass is 898 g/mol. The van der Waals surface area contributed by atoms with Crippen LogP contribution in [-0.2, 0) is 73.0 Å². The fourth-order valence-electron chi connectivity index (χ4n) is 8.91. The summed E-state index contributed by atoms with van der Waals surface area (Å²) in [6, 6.07) is 2.44. The molecular formula is C44H47FN8O12. The second-order valence-corrected chi connectivity index (χ2v) is 17.0. The summed E-state index contributed by atoms with van der Waals surface area (Å²) in [7, 11) is 0. The van der Waals surface area contributed by atoms with Crippen LogP contribution in [0.25, 0.3) is 22.3 Å². The lowest BCUT2D eigenvalue weighted by Gasteiger charge is -2.31. The highest BCUT2D eigenvalue weighted by atomic mass is 19.1. The summed E-state index contributed by atoms with van der Waals surface area (Å²) in [6.45, 7) is 1.64. The number of pyridine rings is 2. The second-order valence-electron chi connectivity index (χ2n) is 17.0. The number of halogens is 1. The van der Waals surface area contributed by atoms with Gasteiger partial charge in [0.05, 0.1) is 61.3 Å². The lowest BCUT2D eigenvalue weighted by Crippen LogP contribution is -2.45. The molecule has 3 aliphatic heterocycles. The lowest BCUT2D eigenvalue weighted by molar-refractivity contribution is -0.172. The Morgan fingerprint density at radius 3 is 2.23 bits per heavy atom. The first-order valence-corrected chi connectivity index (χ1v) is 21.3. The Hall–Kier alpha value is -6.87. The molecule has 65 heavy (non-hydrogen) atoms. The van der Waals surface area contributed by atoms with Crippen LogP contribution < -0.4 is 32.1 Å². The van der Waals surface area contributed by atoms with Crippen molar-refractivity contribution in [2.75, 3.05) is 39.5 Å². The zero-order valence-corrected chi connectivity index (χ0v) is 35.7. The van der Waals surface area contributed by atoms with Gasteiger partial charge in [-0.25, -0.2) is 14.2 Å². The van der Waals surface area contributed by atoms with E-state index in [1.165, 1.54) is 10.6 Å². The molecular weight excluding hydrogens is 852 g/mol. The molecule has 1 aromatic carbocycles. The number of carbonyl (C=O) groups is 8. The van der Waals surface area contributed by atoms with Gasteiger partial charge in [0, 0.05) is 59.5 Å². The normalized spacial score (nSPS) is 19.5. The van der Waals surface area contributed by atoms with Crippen LogP contribution in [0.2, 0.25) is 0 Å². The fourth-order valence-corrected chi connectivity index (χ4v) is 8.91. The van der Waals surface area contributed by atoms with Gasteiger partial charge in [0.2, 0.25) is 29.5 Å². The van der Waals surface area contributed by atoms with Crippen LogP contribution in [0, 0.1) is 18.2 Å². The molecule has 342 valence electrons. The number of amides is 7. The number of aliphatic hydroxyl groups is 1. The molecule has 1 fully saturated rings. The topological polar surface area (TPSA) is 274 Å². The highest BCUT2D eigenvalue weighted by molar-refractivity contribution is 6.13. The Morgan fingerprint density at radius 2 is 1.57 bits per heavy atom. The number of fused-ring (bicyclic) bond motifs is 5. The molecule has 5 aliphatic rings. The Kier molecular flexibility index (Phi) is 12.1. The molecule has 5 heterocycles. The highest BCUT2D eigenvalue weighted by Crippen LogP contribution is 2.50. The number of benzene rings is 1. The van der Waals surface area contributed by atoms with Crippen molar-refractivity contribution >= 4 is 58.2 Å². The molecule has 2 aliphatic carbocycles. The van der Waals surface area contributed by atoms with Gasteiger partial charge in [-0.15, -0.1) is 0 Å². The van der Waals surface area contributed by atoms with Crippen LogP contribution in [0.3, 0.4) is 0 Å². The van der Waals surface area contributed by atoms with Crippen LogP contribution in [-0.4, -0.2) is 106 Å². The summed E-state index contributed by atoms with van der Waals surface area (Å²) < 4.78 is 27.8. The summed E-state index contributed by atoms with van der Waals surface area (Å²) in [5.74, 6) is -5.07. The molecule has 21 heteroatoms. The second kappa shape index (κ2) is 17.6. The van der Waals surface area contributed by atoms with E-state index in [4.69, 9.17) is 14.5 Å². The molecule has 0 bridgehead atoms. The Labute approximate surface area is 369 Å². The van der Waals surface area contributed by atoms with Crippen molar-refractivity contribution in [3.8, 4) is 11.4 Å². The Morgan fingerprint density at radius 1 is 0.908 bits per heavy atom. The number of nitrogens with one attached hydrogen (secondary N) is 5. The average molecular weight is 899 g/mol. The molecule has 0 spiro atoms. The number of hydrogen-bond acceptors (Lipinski definition) is 13. The van der Waals surface area contributed by atoms with Gasteiger partial charge >= 0.3 is 5.97 Å². The van der Waals surface area contributed by atoms with Gasteiger partial charge in [-0.05, 0) is 61.8 Å². The van der Waals surface area contributed by atoms with E-state index in [1.807, 2.05) is 0 Å². The first kappa shape index (κ1) is 44.7. The van der Waals surface area contributed by atoms with E-state index in [9.17, 15) is 48.3 Å². The maximum atomic E-state index is 15.3. The third-order valence-electron chi connectivity index (χ3n) is 12.8. The summed E-state index contributed by atoms with van der Waals surface area (Å²) in [4.78, 5) is 118. The van der Waals surface area contributed by atoms with Crippen molar-refractivity contribution in [3.05, 3.63) is 73.8 Å². The molecule has 0 unspecified atom stereocenters. The maximum Gasteiger partial charge on any atom is 0.343 e. The largest absolute Gasteiger partial charge is 0.458 e. The predicted octanol–water partition coefficient (Wildman–Crippen LogP) is -0.445. The predicted molar refractivity (Wildman–Crippen MR) is 223 cm³/mol. The standard InChI is InChI=1S/C44H47FN8O12/c1-3-44(63)26-12-30-40-24(18-53(30)41(61)25(26)19-65-42(44)62)39-28(5-4-23-22(2)27(45)13-29(51-40)38(23)39)50-32(55)14-43(9-10-43)20-64-21-49-35(58)17-48-34(57)16-47-33(56)15-46-31(54)8-11-52-36(59)6-7-37(52)60/h6-7,12-13,28,63H,3-5,8-11,14-21H2,1-2H3,(H,46,54)(H,47,56)(H,48,57)(H,49,58)(H,50,55)/t28-,44-/m0/s1. The van der Waals surface area contributed by atoms with Gasteiger partial charge < -0.3 is 45.7 Å². The van der Waals surface area contributed by atoms with E-state index >= 15 is 4.39 Å². The molecule has 7 amide bonds. The number of nitrogens with zero attached hydrogens (tertiary/aromatic N) is 3. The van der Waals surface area contributed by atoms with Crippen LogP contribution in [0.1, 0.15) is 84.9 Å².